The maximum Gasteiger partial charge on any atom is 0.371 e. The molecular formula is C11H13NO3. The molecule has 0 spiro atoms. The predicted octanol–water partition coefficient (Wildman–Crippen LogP) is 1.74. The lowest BCUT2D eigenvalue weighted by Crippen LogP contribution is -2.26. The van der Waals surface area contributed by atoms with Crippen LogP contribution in [0.25, 0.3) is 0 Å². The first-order chi connectivity index (χ1) is 7.25. The van der Waals surface area contributed by atoms with Crippen LogP contribution in [0.1, 0.15) is 22.7 Å². The number of hydrogen-bond donors (Lipinski definition) is 1. The number of nitrogens with zero attached hydrogens (tertiary/aromatic N) is 1. The molecule has 0 radical (unpaired) electrons. The van der Waals surface area contributed by atoms with Crippen LogP contribution in [-0.2, 0) is 6.54 Å². The van der Waals surface area contributed by atoms with Crippen molar-refractivity contribution in [2.75, 3.05) is 13.1 Å². The van der Waals surface area contributed by atoms with Gasteiger partial charge in [0, 0.05) is 13.1 Å². The molecule has 2 rings (SSSR count). The third-order valence-electron chi connectivity index (χ3n) is 2.39. The molecule has 1 aromatic rings. The zero-order valence-corrected chi connectivity index (χ0v) is 8.35. The van der Waals surface area contributed by atoms with Crippen LogP contribution in [0.15, 0.2) is 28.7 Å². The molecule has 0 saturated carbocycles. The summed E-state index contributed by atoms with van der Waals surface area (Å²) in [6.45, 7) is 2.58. The van der Waals surface area contributed by atoms with Gasteiger partial charge in [0.1, 0.15) is 5.76 Å². The summed E-state index contributed by atoms with van der Waals surface area (Å²) in [5.41, 5.74) is 0. The highest BCUT2D eigenvalue weighted by Crippen LogP contribution is 2.12. The Balaban J connectivity index is 1.98. The Hall–Kier alpha value is -1.55. The zero-order valence-electron chi connectivity index (χ0n) is 8.35. The van der Waals surface area contributed by atoms with Crippen LogP contribution < -0.4 is 0 Å². The quantitative estimate of drug-likeness (QED) is 0.767. The number of carbonyl (C=O) groups is 1. The summed E-state index contributed by atoms with van der Waals surface area (Å²) in [5.74, 6) is -0.292. The highest BCUT2D eigenvalue weighted by atomic mass is 16.4. The SMILES string of the molecule is O=C(O)c1ccc(CN2CC=CCC2)o1. The fourth-order valence-electron chi connectivity index (χ4n) is 1.63. The smallest absolute Gasteiger partial charge is 0.371 e. The largest absolute Gasteiger partial charge is 0.475 e. The van der Waals surface area contributed by atoms with Crippen LogP contribution in [0.4, 0.5) is 0 Å². The van der Waals surface area contributed by atoms with Crippen molar-refractivity contribution >= 4 is 5.97 Å². The summed E-state index contributed by atoms with van der Waals surface area (Å²) in [4.78, 5) is 12.8. The van der Waals surface area contributed by atoms with Crippen LogP contribution in [0.3, 0.4) is 0 Å². The Morgan fingerprint density at radius 3 is 2.93 bits per heavy atom. The van der Waals surface area contributed by atoms with Gasteiger partial charge in [-0.05, 0) is 18.6 Å². The lowest BCUT2D eigenvalue weighted by atomic mass is 10.2. The molecule has 1 aliphatic rings. The molecule has 4 nitrogen and oxygen atoms in total. The molecule has 0 saturated heterocycles. The second kappa shape index (κ2) is 4.31. The summed E-state index contributed by atoms with van der Waals surface area (Å²) in [7, 11) is 0. The lowest BCUT2D eigenvalue weighted by Gasteiger charge is -2.21. The summed E-state index contributed by atoms with van der Waals surface area (Å²) in [6.07, 6.45) is 5.32. The average molecular weight is 207 g/mol. The van der Waals surface area contributed by atoms with Gasteiger partial charge in [-0.1, -0.05) is 12.2 Å². The van der Waals surface area contributed by atoms with E-state index in [1.54, 1.807) is 6.07 Å². The second-order valence-electron chi connectivity index (χ2n) is 3.57. The Kier molecular flexibility index (Phi) is 2.87. The fraction of sp³-hybridized carbons (Fsp3) is 0.364. The van der Waals surface area contributed by atoms with Crippen molar-refractivity contribution in [3.8, 4) is 0 Å². The minimum atomic E-state index is -1.01. The third-order valence-corrected chi connectivity index (χ3v) is 2.39. The molecule has 0 atom stereocenters. The molecule has 0 fully saturated rings. The molecular weight excluding hydrogens is 194 g/mol. The van der Waals surface area contributed by atoms with Crippen molar-refractivity contribution < 1.29 is 14.3 Å². The number of rotatable bonds is 3. The van der Waals surface area contributed by atoms with Gasteiger partial charge >= 0.3 is 5.97 Å². The summed E-state index contributed by atoms with van der Waals surface area (Å²) in [6, 6.07) is 3.22. The van der Waals surface area contributed by atoms with Gasteiger partial charge in [-0.2, -0.15) is 0 Å². The van der Waals surface area contributed by atoms with E-state index in [4.69, 9.17) is 9.52 Å². The van der Waals surface area contributed by atoms with Crippen LogP contribution >= 0.6 is 0 Å². The van der Waals surface area contributed by atoms with E-state index in [-0.39, 0.29) is 5.76 Å². The summed E-state index contributed by atoms with van der Waals surface area (Å²) < 4.78 is 5.18. The van der Waals surface area contributed by atoms with Gasteiger partial charge in [-0.25, -0.2) is 4.79 Å². The van der Waals surface area contributed by atoms with E-state index in [0.717, 1.165) is 19.5 Å². The summed E-state index contributed by atoms with van der Waals surface area (Å²) >= 11 is 0. The molecule has 1 aromatic heterocycles. The first-order valence-electron chi connectivity index (χ1n) is 4.95. The lowest BCUT2D eigenvalue weighted by molar-refractivity contribution is 0.0658. The van der Waals surface area contributed by atoms with Gasteiger partial charge in [-0.3, -0.25) is 4.90 Å². The number of carboxylic acids is 1. The first-order valence-corrected chi connectivity index (χ1v) is 4.95. The zero-order chi connectivity index (χ0) is 10.7. The molecule has 80 valence electrons. The van der Waals surface area contributed by atoms with E-state index in [2.05, 4.69) is 17.1 Å². The highest BCUT2D eigenvalue weighted by molar-refractivity contribution is 5.84. The van der Waals surface area contributed by atoms with Crippen LogP contribution in [0.2, 0.25) is 0 Å². The van der Waals surface area contributed by atoms with Crippen LogP contribution in [-0.4, -0.2) is 29.1 Å². The normalized spacial score (nSPS) is 16.8. The van der Waals surface area contributed by atoms with E-state index in [1.165, 1.54) is 6.07 Å². The maximum atomic E-state index is 10.6. The van der Waals surface area contributed by atoms with Crippen molar-refractivity contribution in [2.45, 2.75) is 13.0 Å². The van der Waals surface area contributed by atoms with Gasteiger partial charge in [0.25, 0.3) is 0 Å². The third kappa shape index (κ3) is 2.47. The summed E-state index contributed by atoms with van der Waals surface area (Å²) in [5, 5.41) is 8.69. The Morgan fingerprint density at radius 1 is 1.47 bits per heavy atom. The molecule has 1 aliphatic heterocycles. The Labute approximate surface area is 87.8 Å². The van der Waals surface area contributed by atoms with Crippen LogP contribution in [0, 0.1) is 0 Å². The highest BCUT2D eigenvalue weighted by Gasteiger charge is 2.12. The Bertz CT molecular complexity index is 381. The second-order valence-corrected chi connectivity index (χ2v) is 3.57. The van der Waals surface area contributed by atoms with Gasteiger partial charge < -0.3 is 9.52 Å². The molecule has 0 amide bonds. The standard InChI is InChI=1S/C11H13NO3/c13-11(14)10-5-4-9(15-10)8-12-6-2-1-3-7-12/h1-2,4-5H,3,6-8H2,(H,13,14). The molecule has 1 N–H and O–H groups in total. The van der Waals surface area contributed by atoms with E-state index in [0.29, 0.717) is 12.3 Å². The molecule has 0 unspecified atom stereocenters. The monoisotopic (exact) mass is 207 g/mol. The molecule has 0 aliphatic carbocycles. The van der Waals surface area contributed by atoms with Gasteiger partial charge in [-0.15, -0.1) is 0 Å². The van der Waals surface area contributed by atoms with E-state index in [1.807, 2.05) is 0 Å². The number of hydrogen-bond acceptors (Lipinski definition) is 3. The molecule has 0 aromatic carbocycles. The minimum Gasteiger partial charge on any atom is -0.475 e. The van der Waals surface area contributed by atoms with E-state index < -0.39 is 5.97 Å². The maximum absolute atomic E-state index is 10.6. The van der Waals surface area contributed by atoms with Crippen molar-refractivity contribution in [3.05, 3.63) is 35.8 Å². The van der Waals surface area contributed by atoms with Crippen molar-refractivity contribution in [1.29, 1.82) is 0 Å². The number of carboxylic acid groups (broad SMARTS) is 1. The molecule has 4 heteroatoms. The van der Waals surface area contributed by atoms with Crippen LogP contribution in [0.5, 0.6) is 0 Å². The van der Waals surface area contributed by atoms with Gasteiger partial charge in [0.2, 0.25) is 5.76 Å². The van der Waals surface area contributed by atoms with Gasteiger partial charge in [0.15, 0.2) is 0 Å². The van der Waals surface area contributed by atoms with E-state index in [9.17, 15) is 4.79 Å². The number of aromatic carboxylic acids is 1. The Morgan fingerprint density at radius 2 is 2.33 bits per heavy atom. The minimum absolute atomic E-state index is 0.0116. The first kappa shape index (κ1) is 9.98. The van der Waals surface area contributed by atoms with Gasteiger partial charge in [0.05, 0.1) is 6.54 Å². The van der Waals surface area contributed by atoms with E-state index >= 15 is 0 Å². The average Bonchev–Trinajstić information content (AvgIpc) is 2.68. The predicted molar refractivity (Wildman–Crippen MR) is 54.7 cm³/mol. The number of furan rings is 1. The fourth-order valence-corrected chi connectivity index (χ4v) is 1.63. The van der Waals surface area contributed by atoms with Crippen molar-refractivity contribution in [1.82, 2.24) is 4.90 Å². The topological polar surface area (TPSA) is 53.7 Å². The molecule has 0 bridgehead atoms. The molecule has 2 heterocycles. The molecule has 15 heavy (non-hydrogen) atoms. The van der Waals surface area contributed by atoms with Crippen molar-refractivity contribution in [2.24, 2.45) is 0 Å². The van der Waals surface area contributed by atoms with Crippen molar-refractivity contribution in [3.63, 3.8) is 0 Å².